The summed E-state index contributed by atoms with van der Waals surface area (Å²) in [6.45, 7) is 2.32. The van der Waals surface area contributed by atoms with Crippen molar-refractivity contribution in [3.05, 3.63) is 29.8 Å². The molecule has 0 heterocycles. The molecule has 2 rings (SSSR count). The van der Waals surface area contributed by atoms with Crippen LogP contribution in [0.4, 0.5) is 0 Å². The van der Waals surface area contributed by atoms with Crippen LogP contribution in [0.5, 0.6) is 0 Å². The van der Waals surface area contributed by atoms with Gasteiger partial charge in [-0.2, -0.15) is 0 Å². The second-order valence-corrected chi connectivity index (χ2v) is 5.23. The number of hydrogen-bond donors (Lipinski definition) is 1. The minimum atomic E-state index is 0.807. The summed E-state index contributed by atoms with van der Waals surface area (Å²) in [5.74, 6) is 1.80. The summed E-state index contributed by atoms with van der Waals surface area (Å²) in [6.07, 6.45) is 6.96. The summed E-state index contributed by atoms with van der Waals surface area (Å²) >= 11 is 4.32. The van der Waals surface area contributed by atoms with Gasteiger partial charge < -0.3 is 0 Å². The Morgan fingerprint density at radius 2 is 1.67 bits per heavy atom. The van der Waals surface area contributed by atoms with E-state index in [9.17, 15) is 0 Å². The average Bonchev–Trinajstić information content (AvgIpc) is 2.30. The first kappa shape index (κ1) is 11.1. The molecule has 1 aromatic rings. The Morgan fingerprint density at radius 3 is 2.20 bits per heavy atom. The largest absolute Gasteiger partial charge is 0.143 e. The molecule has 0 aliphatic heterocycles. The molecule has 1 saturated carbocycles. The molecule has 15 heavy (non-hydrogen) atoms. The highest BCUT2D eigenvalue weighted by Gasteiger charge is 2.20. The maximum Gasteiger partial charge on any atom is 0.00401 e. The second-order valence-electron chi connectivity index (χ2n) is 4.72. The fraction of sp³-hybridized carbons (Fsp3) is 0.571. The molecule has 1 fully saturated rings. The zero-order valence-electron chi connectivity index (χ0n) is 9.45. The van der Waals surface area contributed by atoms with E-state index < -0.39 is 0 Å². The summed E-state index contributed by atoms with van der Waals surface area (Å²) < 4.78 is 0. The quantitative estimate of drug-likeness (QED) is 0.689. The Morgan fingerprint density at radius 1 is 1.07 bits per heavy atom. The maximum absolute atomic E-state index is 4.32. The van der Waals surface area contributed by atoms with Crippen molar-refractivity contribution in [2.24, 2.45) is 5.92 Å². The van der Waals surface area contributed by atoms with Gasteiger partial charge in [-0.25, -0.2) is 0 Å². The van der Waals surface area contributed by atoms with Crippen molar-refractivity contribution < 1.29 is 0 Å². The van der Waals surface area contributed by atoms with Gasteiger partial charge in [-0.1, -0.05) is 25.5 Å². The Kier molecular flexibility index (Phi) is 3.74. The molecule has 0 amide bonds. The van der Waals surface area contributed by atoms with Crippen molar-refractivity contribution in [1.29, 1.82) is 0 Å². The average molecular weight is 220 g/mol. The molecule has 0 radical (unpaired) electrons. The third-order valence-electron chi connectivity index (χ3n) is 3.79. The van der Waals surface area contributed by atoms with Crippen LogP contribution < -0.4 is 0 Å². The molecule has 82 valence electrons. The van der Waals surface area contributed by atoms with Gasteiger partial charge >= 0.3 is 0 Å². The van der Waals surface area contributed by atoms with Crippen LogP contribution in [0.3, 0.4) is 0 Å². The van der Waals surface area contributed by atoms with Crippen molar-refractivity contribution in [3.63, 3.8) is 0 Å². The van der Waals surface area contributed by atoms with Crippen LogP contribution in [-0.2, 0) is 0 Å². The smallest absolute Gasteiger partial charge is 0.00401 e. The Labute approximate surface area is 98.5 Å². The molecule has 1 aliphatic rings. The molecule has 0 N–H and O–H groups in total. The SMILES string of the molecule is CCC1CCC(c2ccc(S)cc2)CC1. The fourth-order valence-corrected chi connectivity index (χ4v) is 2.80. The summed E-state index contributed by atoms with van der Waals surface area (Å²) in [5, 5.41) is 0. The molecule has 0 bridgehead atoms. The first-order valence-corrected chi connectivity index (χ1v) is 6.53. The van der Waals surface area contributed by atoms with Gasteiger partial charge in [0.1, 0.15) is 0 Å². The first-order chi connectivity index (χ1) is 7.29. The standard InChI is InChI=1S/C14H20S/c1-2-11-3-5-12(6-4-11)13-7-9-14(15)10-8-13/h7-12,15H,2-6H2,1H3. The molecule has 0 spiro atoms. The molecule has 0 atom stereocenters. The topological polar surface area (TPSA) is 0 Å². The highest BCUT2D eigenvalue weighted by Crippen LogP contribution is 2.36. The molecule has 0 aromatic heterocycles. The summed E-state index contributed by atoms with van der Waals surface area (Å²) in [7, 11) is 0. The van der Waals surface area contributed by atoms with Crippen LogP contribution in [0.25, 0.3) is 0 Å². The molecule has 1 aliphatic carbocycles. The first-order valence-electron chi connectivity index (χ1n) is 6.08. The van der Waals surface area contributed by atoms with Gasteiger partial charge in [0.05, 0.1) is 0 Å². The minimum absolute atomic E-state index is 0.807. The van der Waals surface area contributed by atoms with Gasteiger partial charge in [-0.15, -0.1) is 12.6 Å². The van der Waals surface area contributed by atoms with Crippen LogP contribution in [-0.4, -0.2) is 0 Å². The van der Waals surface area contributed by atoms with Crippen LogP contribution >= 0.6 is 12.6 Å². The van der Waals surface area contributed by atoms with Crippen molar-refractivity contribution in [2.45, 2.75) is 49.8 Å². The molecule has 1 heteroatoms. The van der Waals surface area contributed by atoms with Gasteiger partial charge in [0.25, 0.3) is 0 Å². The maximum atomic E-state index is 4.32. The predicted molar refractivity (Wildman–Crippen MR) is 68.7 cm³/mol. The van der Waals surface area contributed by atoms with Crippen LogP contribution in [0, 0.1) is 5.92 Å². The summed E-state index contributed by atoms with van der Waals surface area (Å²) in [6, 6.07) is 8.73. The van der Waals surface area contributed by atoms with E-state index in [1.54, 1.807) is 0 Å². The van der Waals surface area contributed by atoms with Gasteiger partial charge in [0, 0.05) is 4.90 Å². The number of thiol groups is 1. The van der Waals surface area contributed by atoms with Crippen molar-refractivity contribution in [3.8, 4) is 0 Å². The lowest BCUT2D eigenvalue weighted by atomic mass is 9.78. The number of benzene rings is 1. The monoisotopic (exact) mass is 220 g/mol. The van der Waals surface area contributed by atoms with E-state index in [2.05, 4.69) is 43.8 Å². The lowest BCUT2D eigenvalue weighted by Crippen LogP contribution is -2.12. The van der Waals surface area contributed by atoms with Gasteiger partial charge in [0.15, 0.2) is 0 Å². The third kappa shape index (κ3) is 2.78. The van der Waals surface area contributed by atoms with Crippen molar-refractivity contribution in [2.75, 3.05) is 0 Å². The van der Waals surface area contributed by atoms with E-state index in [1.807, 2.05) is 0 Å². The minimum Gasteiger partial charge on any atom is -0.143 e. The summed E-state index contributed by atoms with van der Waals surface area (Å²) in [4.78, 5) is 1.07. The fourth-order valence-electron chi connectivity index (χ4n) is 2.65. The third-order valence-corrected chi connectivity index (χ3v) is 4.09. The molecule has 1 aromatic carbocycles. The van der Waals surface area contributed by atoms with Crippen LogP contribution in [0.2, 0.25) is 0 Å². The Bertz CT molecular complexity index is 294. The summed E-state index contributed by atoms with van der Waals surface area (Å²) in [5.41, 5.74) is 1.52. The van der Waals surface area contributed by atoms with Crippen molar-refractivity contribution in [1.82, 2.24) is 0 Å². The lowest BCUT2D eigenvalue weighted by Gasteiger charge is -2.28. The van der Waals surface area contributed by atoms with Crippen LogP contribution in [0.15, 0.2) is 29.2 Å². The van der Waals surface area contributed by atoms with E-state index in [4.69, 9.17) is 0 Å². The Hall–Kier alpha value is -0.430. The van der Waals surface area contributed by atoms with Gasteiger partial charge in [-0.3, -0.25) is 0 Å². The van der Waals surface area contributed by atoms with Gasteiger partial charge in [-0.05, 0) is 55.2 Å². The van der Waals surface area contributed by atoms with E-state index >= 15 is 0 Å². The highest BCUT2D eigenvalue weighted by atomic mass is 32.1. The Balaban J connectivity index is 1.98. The van der Waals surface area contributed by atoms with E-state index in [-0.39, 0.29) is 0 Å². The normalized spacial score (nSPS) is 26.5. The van der Waals surface area contributed by atoms with E-state index in [1.165, 1.54) is 37.7 Å². The van der Waals surface area contributed by atoms with E-state index in [0.717, 1.165) is 16.7 Å². The number of rotatable bonds is 2. The van der Waals surface area contributed by atoms with Gasteiger partial charge in [0.2, 0.25) is 0 Å². The molecule has 0 unspecified atom stereocenters. The predicted octanol–water partition coefficient (Wildman–Crippen LogP) is 4.66. The molecule has 0 saturated heterocycles. The van der Waals surface area contributed by atoms with Crippen LogP contribution in [0.1, 0.15) is 50.5 Å². The lowest BCUT2D eigenvalue weighted by molar-refractivity contribution is 0.319. The molecular weight excluding hydrogens is 200 g/mol. The zero-order valence-corrected chi connectivity index (χ0v) is 10.3. The highest BCUT2D eigenvalue weighted by molar-refractivity contribution is 7.80. The van der Waals surface area contributed by atoms with Crippen molar-refractivity contribution >= 4 is 12.6 Å². The zero-order chi connectivity index (χ0) is 10.7. The van der Waals surface area contributed by atoms with E-state index in [0.29, 0.717) is 0 Å². The molecular formula is C14H20S. The molecule has 0 nitrogen and oxygen atoms in total. The second kappa shape index (κ2) is 5.07. The number of hydrogen-bond acceptors (Lipinski definition) is 1.